The summed E-state index contributed by atoms with van der Waals surface area (Å²) in [5, 5.41) is 13.7. The van der Waals surface area contributed by atoms with Crippen LogP contribution in [0.2, 0.25) is 5.02 Å². The van der Waals surface area contributed by atoms with Gasteiger partial charge in [0.2, 0.25) is 11.8 Å². The molecule has 0 saturated carbocycles. The third-order valence-corrected chi connectivity index (χ3v) is 4.95. The molecule has 8 nitrogen and oxygen atoms in total. The fourth-order valence-corrected chi connectivity index (χ4v) is 3.34. The van der Waals surface area contributed by atoms with E-state index in [-0.39, 0.29) is 10.7 Å². The van der Waals surface area contributed by atoms with Crippen molar-refractivity contribution in [2.75, 3.05) is 5.32 Å². The van der Waals surface area contributed by atoms with Crippen LogP contribution in [-0.2, 0) is 4.79 Å². The largest absolute Gasteiger partial charge is 0.436 e. The number of nitro benzene ring substituents is 1. The number of amides is 1. The van der Waals surface area contributed by atoms with Crippen molar-refractivity contribution >= 4 is 62.0 Å². The number of oxazole rings is 1. The van der Waals surface area contributed by atoms with Crippen LogP contribution >= 0.6 is 27.5 Å². The van der Waals surface area contributed by atoms with E-state index in [1.54, 1.807) is 36.7 Å². The zero-order valence-electron chi connectivity index (χ0n) is 15.6. The number of fused-ring (bicyclic) bond motifs is 1. The number of hydrogen-bond acceptors (Lipinski definition) is 6. The van der Waals surface area contributed by atoms with Gasteiger partial charge in [0.1, 0.15) is 10.5 Å². The number of carbonyl (C=O) groups is 1. The van der Waals surface area contributed by atoms with Crippen LogP contribution in [0.1, 0.15) is 5.56 Å². The summed E-state index contributed by atoms with van der Waals surface area (Å²) in [6.07, 6.45) is 6.05. The Morgan fingerprint density at radius 3 is 2.81 bits per heavy atom. The molecule has 31 heavy (non-hydrogen) atoms. The lowest BCUT2D eigenvalue weighted by atomic mass is 10.2. The highest BCUT2D eigenvalue weighted by molar-refractivity contribution is 9.10. The Kier molecular flexibility index (Phi) is 5.79. The normalized spacial score (nSPS) is 11.2. The average molecular weight is 500 g/mol. The molecule has 0 spiro atoms. The van der Waals surface area contributed by atoms with Crippen LogP contribution in [0.25, 0.3) is 28.6 Å². The van der Waals surface area contributed by atoms with Crippen LogP contribution in [0.4, 0.5) is 11.4 Å². The van der Waals surface area contributed by atoms with Gasteiger partial charge in [0, 0.05) is 34.7 Å². The maximum absolute atomic E-state index is 12.3. The smallest absolute Gasteiger partial charge is 0.288 e. The number of nitro groups is 1. The molecule has 0 aliphatic heterocycles. The minimum Gasteiger partial charge on any atom is -0.436 e. The molecule has 10 heteroatoms. The van der Waals surface area contributed by atoms with Gasteiger partial charge in [-0.15, -0.1) is 0 Å². The molecular formula is C21H12BrClN4O4. The van der Waals surface area contributed by atoms with Crippen molar-refractivity contribution in [1.82, 2.24) is 9.97 Å². The number of carbonyl (C=O) groups excluding carboxylic acids is 1. The summed E-state index contributed by atoms with van der Waals surface area (Å²) < 4.78 is 6.55. The van der Waals surface area contributed by atoms with Crippen molar-refractivity contribution in [2.24, 2.45) is 0 Å². The minimum atomic E-state index is -0.578. The van der Waals surface area contributed by atoms with E-state index in [1.165, 1.54) is 24.3 Å². The fourth-order valence-electron chi connectivity index (χ4n) is 2.79. The predicted octanol–water partition coefficient (Wildman–Crippen LogP) is 5.87. The molecule has 0 saturated heterocycles. The standard InChI is InChI=1S/C21H12BrClN4O4/c22-14-8-13(10-24-11-14)21-26-17-9-15(3-5-19(17)31-21)25-20(28)6-2-12-1-4-16(23)18(7-12)27(29)30/h1-11H,(H,25,28)/b6-2+. The highest BCUT2D eigenvalue weighted by atomic mass is 79.9. The summed E-state index contributed by atoms with van der Waals surface area (Å²) in [7, 11) is 0. The molecule has 2 aromatic heterocycles. The molecule has 0 radical (unpaired) electrons. The lowest BCUT2D eigenvalue weighted by Crippen LogP contribution is -2.07. The molecule has 0 fully saturated rings. The molecule has 1 amide bonds. The zero-order valence-corrected chi connectivity index (χ0v) is 17.9. The maximum Gasteiger partial charge on any atom is 0.288 e. The lowest BCUT2D eigenvalue weighted by molar-refractivity contribution is -0.384. The Morgan fingerprint density at radius 1 is 1.19 bits per heavy atom. The van der Waals surface area contributed by atoms with Gasteiger partial charge < -0.3 is 9.73 Å². The number of rotatable bonds is 5. The summed E-state index contributed by atoms with van der Waals surface area (Å²) in [6, 6.07) is 11.2. The number of hydrogen-bond donors (Lipinski definition) is 1. The second-order valence-corrected chi connectivity index (χ2v) is 7.71. The first-order chi connectivity index (χ1) is 14.9. The first-order valence-corrected chi connectivity index (χ1v) is 10.0. The summed E-state index contributed by atoms with van der Waals surface area (Å²) in [5.74, 6) is 0.00775. The van der Waals surface area contributed by atoms with E-state index < -0.39 is 10.8 Å². The number of aromatic nitrogens is 2. The van der Waals surface area contributed by atoms with Gasteiger partial charge in [-0.1, -0.05) is 17.7 Å². The Bertz CT molecular complexity index is 1350. The van der Waals surface area contributed by atoms with Crippen LogP contribution in [-0.4, -0.2) is 20.8 Å². The predicted molar refractivity (Wildman–Crippen MR) is 121 cm³/mol. The topological polar surface area (TPSA) is 111 Å². The summed E-state index contributed by atoms with van der Waals surface area (Å²) in [5.41, 5.74) is 2.64. The van der Waals surface area contributed by atoms with Gasteiger partial charge in [0.05, 0.1) is 10.5 Å². The van der Waals surface area contributed by atoms with E-state index in [2.05, 4.69) is 31.2 Å². The van der Waals surface area contributed by atoms with Crippen molar-refractivity contribution in [2.45, 2.75) is 0 Å². The highest BCUT2D eigenvalue weighted by Crippen LogP contribution is 2.28. The Balaban J connectivity index is 1.50. The van der Waals surface area contributed by atoms with Crippen LogP contribution in [0.3, 0.4) is 0 Å². The number of benzene rings is 2. The Morgan fingerprint density at radius 2 is 2.03 bits per heavy atom. The molecule has 0 atom stereocenters. The van der Waals surface area contributed by atoms with Crippen molar-refractivity contribution in [3.63, 3.8) is 0 Å². The highest BCUT2D eigenvalue weighted by Gasteiger charge is 2.12. The molecule has 0 bridgehead atoms. The maximum atomic E-state index is 12.3. The number of anilines is 1. The van der Waals surface area contributed by atoms with Crippen molar-refractivity contribution in [3.05, 3.63) is 86.1 Å². The number of halogens is 2. The fraction of sp³-hybridized carbons (Fsp3) is 0. The van der Waals surface area contributed by atoms with Crippen molar-refractivity contribution < 1.29 is 14.1 Å². The Labute approximate surface area is 188 Å². The van der Waals surface area contributed by atoms with Gasteiger partial charge in [-0.25, -0.2) is 4.98 Å². The second-order valence-electron chi connectivity index (χ2n) is 6.38. The molecule has 154 valence electrons. The zero-order chi connectivity index (χ0) is 22.0. The quantitative estimate of drug-likeness (QED) is 0.209. The van der Waals surface area contributed by atoms with Crippen LogP contribution in [0.5, 0.6) is 0 Å². The first kappa shape index (κ1) is 20.7. The van der Waals surface area contributed by atoms with Gasteiger partial charge in [-0.3, -0.25) is 19.9 Å². The molecule has 2 heterocycles. The molecule has 4 rings (SSSR count). The first-order valence-electron chi connectivity index (χ1n) is 8.83. The van der Waals surface area contributed by atoms with Crippen LogP contribution < -0.4 is 5.32 Å². The van der Waals surface area contributed by atoms with E-state index in [0.29, 0.717) is 28.2 Å². The number of pyridine rings is 1. The SMILES string of the molecule is O=C(/C=C/c1ccc(Cl)c([N+](=O)[O-])c1)Nc1ccc2oc(-c3cncc(Br)c3)nc2c1. The minimum absolute atomic E-state index is 0.0329. The van der Waals surface area contributed by atoms with E-state index in [1.807, 2.05) is 6.07 Å². The summed E-state index contributed by atoms with van der Waals surface area (Å²) >= 11 is 9.16. The molecular weight excluding hydrogens is 488 g/mol. The van der Waals surface area contributed by atoms with E-state index >= 15 is 0 Å². The third-order valence-electron chi connectivity index (χ3n) is 4.20. The number of nitrogens with zero attached hydrogens (tertiary/aromatic N) is 3. The van der Waals surface area contributed by atoms with Gasteiger partial charge in [-0.2, -0.15) is 0 Å². The third kappa shape index (κ3) is 4.79. The average Bonchev–Trinajstić information content (AvgIpc) is 3.16. The molecule has 1 N–H and O–H groups in total. The van der Waals surface area contributed by atoms with Gasteiger partial charge >= 0.3 is 0 Å². The van der Waals surface area contributed by atoms with Gasteiger partial charge in [0.15, 0.2) is 5.58 Å². The van der Waals surface area contributed by atoms with Crippen molar-refractivity contribution in [1.29, 1.82) is 0 Å². The van der Waals surface area contributed by atoms with Crippen LogP contribution in [0, 0.1) is 10.1 Å². The van der Waals surface area contributed by atoms with Gasteiger partial charge in [0.25, 0.3) is 5.69 Å². The molecule has 0 unspecified atom stereocenters. The number of nitrogens with one attached hydrogen (secondary N) is 1. The van der Waals surface area contributed by atoms with Crippen molar-refractivity contribution in [3.8, 4) is 11.5 Å². The molecule has 2 aromatic carbocycles. The van der Waals surface area contributed by atoms with E-state index in [4.69, 9.17) is 16.0 Å². The summed E-state index contributed by atoms with van der Waals surface area (Å²) in [4.78, 5) is 31.2. The monoisotopic (exact) mass is 498 g/mol. The van der Waals surface area contributed by atoms with E-state index in [9.17, 15) is 14.9 Å². The summed E-state index contributed by atoms with van der Waals surface area (Å²) in [6.45, 7) is 0. The molecule has 0 aliphatic carbocycles. The van der Waals surface area contributed by atoms with Gasteiger partial charge in [-0.05, 0) is 57.9 Å². The lowest BCUT2D eigenvalue weighted by Gasteiger charge is -2.01. The second kappa shape index (κ2) is 8.66. The Hall–Kier alpha value is -3.56. The molecule has 0 aliphatic rings. The molecule has 4 aromatic rings. The van der Waals surface area contributed by atoms with Crippen LogP contribution in [0.15, 0.2) is 69.8 Å². The van der Waals surface area contributed by atoms with E-state index in [0.717, 1.165) is 10.0 Å².